The topological polar surface area (TPSA) is 56.5 Å². The molecule has 8 heteroatoms. The Labute approximate surface area is 164 Å². The lowest BCUT2D eigenvalue weighted by Crippen LogP contribution is -2.01. The summed E-state index contributed by atoms with van der Waals surface area (Å²) >= 11 is 7.49. The molecule has 5 nitrogen and oxygen atoms in total. The molecule has 27 heavy (non-hydrogen) atoms. The molecule has 0 amide bonds. The normalized spacial score (nSPS) is 10.9. The number of hydrogen-bond acceptors (Lipinski definition) is 5. The second kappa shape index (κ2) is 7.85. The van der Waals surface area contributed by atoms with Gasteiger partial charge in [-0.1, -0.05) is 35.5 Å². The van der Waals surface area contributed by atoms with Gasteiger partial charge in [-0.2, -0.15) is 0 Å². The Bertz CT molecular complexity index is 1050. The van der Waals surface area contributed by atoms with Crippen LogP contribution in [0.1, 0.15) is 5.56 Å². The van der Waals surface area contributed by atoms with Crippen molar-refractivity contribution in [2.24, 2.45) is 0 Å². The molecule has 134 valence electrons. The van der Waals surface area contributed by atoms with E-state index in [1.54, 1.807) is 36.8 Å². The fourth-order valence-electron chi connectivity index (χ4n) is 2.54. The first-order valence-electron chi connectivity index (χ1n) is 8.06. The van der Waals surface area contributed by atoms with E-state index in [9.17, 15) is 4.39 Å². The lowest BCUT2D eigenvalue weighted by Gasteiger charge is -2.10. The van der Waals surface area contributed by atoms with Gasteiger partial charge in [-0.15, -0.1) is 10.2 Å². The van der Waals surface area contributed by atoms with Crippen LogP contribution in [-0.2, 0) is 5.75 Å². The number of benzene rings is 2. The van der Waals surface area contributed by atoms with Crippen molar-refractivity contribution in [3.63, 3.8) is 0 Å². The largest absolute Gasteiger partial charge is 0.269 e. The summed E-state index contributed by atoms with van der Waals surface area (Å²) in [5, 5.41) is 9.92. The molecule has 0 saturated carbocycles. The van der Waals surface area contributed by atoms with Gasteiger partial charge in [-0.25, -0.2) is 9.37 Å². The molecule has 2 aromatic carbocycles. The zero-order valence-corrected chi connectivity index (χ0v) is 15.5. The van der Waals surface area contributed by atoms with E-state index in [2.05, 4.69) is 20.2 Å². The van der Waals surface area contributed by atoms with E-state index in [1.165, 1.54) is 23.9 Å². The Balaban J connectivity index is 1.73. The first-order valence-corrected chi connectivity index (χ1v) is 9.42. The van der Waals surface area contributed by atoms with Crippen LogP contribution in [-0.4, -0.2) is 24.7 Å². The van der Waals surface area contributed by atoms with Crippen molar-refractivity contribution in [1.29, 1.82) is 0 Å². The monoisotopic (exact) mass is 397 g/mol. The van der Waals surface area contributed by atoms with E-state index >= 15 is 0 Å². The summed E-state index contributed by atoms with van der Waals surface area (Å²) in [5.74, 6) is 0.879. The average Bonchev–Trinajstić information content (AvgIpc) is 3.12. The standard InChI is InChI=1S/C19H13ClFN5S/c20-14-4-6-16(7-5-14)26-18(17-11-22-8-9-23-17)24-25-19(26)27-12-13-2-1-3-15(21)10-13/h1-11H,12H2. The summed E-state index contributed by atoms with van der Waals surface area (Å²) in [6.07, 6.45) is 4.85. The van der Waals surface area contributed by atoms with Crippen molar-refractivity contribution in [2.75, 3.05) is 0 Å². The minimum atomic E-state index is -0.257. The number of rotatable bonds is 5. The number of aromatic nitrogens is 5. The Kier molecular flexibility index (Phi) is 5.13. The molecule has 4 aromatic rings. The van der Waals surface area contributed by atoms with Gasteiger partial charge in [0.15, 0.2) is 11.0 Å². The molecule has 0 saturated heterocycles. The number of hydrogen-bond donors (Lipinski definition) is 0. The Hall–Kier alpha value is -2.77. The van der Waals surface area contributed by atoms with Crippen LogP contribution in [0, 0.1) is 5.82 Å². The zero-order valence-electron chi connectivity index (χ0n) is 14.0. The predicted molar refractivity (Wildman–Crippen MR) is 103 cm³/mol. The van der Waals surface area contributed by atoms with E-state index in [0.29, 0.717) is 27.5 Å². The zero-order chi connectivity index (χ0) is 18.6. The molecule has 0 radical (unpaired) electrons. The highest BCUT2D eigenvalue weighted by atomic mass is 35.5. The van der Waals surface area contributed by atoms with Gasteiger partial charge in [0.05, 0.1) is 6.20 Å². The summed E-state index contributed by atoms with van der Waals surface area (Å²) in [6.45, 7) is 0. The maximum atomic E-state index is 13.4. The van der Waals surface area contributed by atoms with E-state index in [0.717, 1.165) is 11.3 Å². The van der Waals surface area contributed by atoms with Crippen LogP contribution in [0.4, 0.5) is 4.39 Å². The second-order valence-corrected chi connectivity index (χ2v) is 7.01. The molecule has 0 aliphatic carbocycles. The van der Waals surface area contributed by atoms with Gasteiger partial charge in [0.2, 0.25) is 0 Å². The molecular formula is C19H13ClFN5S. The molecule has 0 bridgehead atoms. The first-order chi connectivity index (χ1) is 13.2. The van der Waals surface area contributed by atoms with E-state index < -0.39 is 0 Å². The smallest absolute Gasteiger partial charge is 0.196 e. The first kappa shape index (κ1) is 17.6. The molecule has 2 aromatic heterocycles. The third kappa shape index (κ3) is 3.99. The summed E-state index contributed by atoms with van der Waals surface area (Å²) in [5.41, 5.74) is 2.33. The van der Waals surface area contributed by atoms with Crippen LogP contribution in [0.25, 0.3) is 17.2 Å². The quantitative estimate of drug-likeness (QED) is 0.452. The van der Waals surface area contributed by atoms with Gasteiger partial charge in [0, 0.05) is 28.9 Å². The maximum absolute atomic E-state index is 13.4. The minimum Gasteiger partial charge on any atom is -0.269 e. The molecule has 0 atom stereocenters. The van der Waals surface area contributed by atoms with E-state index in [1.807, 2.05) is 22.8 Å². The highest BCUT2D eigenvalue weighted by Crippen LogP contribution is 2.29. The molecule has 0 unspecified atom stereocenters. The van der Waals surface area contributed by atoms with E-state index in [-0.39, 0.29) is 5.82 Å². The summed E-state index contributed by atoms with van der Waals surface area (Å²) in [4.78, 5) is 8.43. The van der Waals surface area contributed by atoms with Crippen LogP contribution in [0.3, 0.4) is 0 Å². The molecular weight excluding hydrogens is 385 g/mol. The molecule has 0 aliphatic rings. The van der Waals surface area contributed by atoms with Crippen molar-refractivity contribution in [3.05, 3.63) is 83.5 Å². The maximum Gasteiger partial charge on any atom is 0.196 e. The van der Waals surface area contributed by atoms with Crippen LogP contribution < -0.4 is 0 Å². The van der Waals surface area contributed by atoms with Crippen LogP contribution in [0.5, 0.6) is 0 Å². The van der Waals surface area contributed by atoms with Crippen molar-refractivity contribution in [1.82, 2.24) is 24.7 Å². The van der Waals surface area contributed by atoms with Crippen molar-refractivity contribution in [3.8, 4) is 17.2 Å². The Morgan fingerprint density at radius 1 is 1.04 bits per heavy atom. The van der Waals surface area contributed by atoms with Gasteiger partial charge in [0.25, 0.3) is 0 Å². The Morgan fingerprint density at radius 3 is 2.63 bits per heavy atom. The molecule has 2 heterocycles. The molecule has 4 rings (SSSR count). The fraction of sp³-hybridized carbons (Fsp3) is 0.0526. The van der Waals surface area contributed by atoms with Gasteiger partial charge >= 0.3 is 0 Å². The van der Waals surface area contributed by atoms with Gasteiger partial charge in [-0.3, -0.25) is 9.55 Å². The van der Waals surface area contributed by atoms with Crippen molar-refractivity contribution in [2.45, 2.75) is 10.9 Å². The average molecular weight is 398 g/mol. The summed E-state index contributed by atoms with van der Waals surface area (Å²) in [7, 11) is 0. The highest BCUT2D eigenvalue weighted by molar-refractivity contribution is 7.98. The molecule has 0 N–H and O–H groups in total. The highest BCUT2D eigenvalue weighted by Gasteiger charge is 2.17. The summed E-state index contributed by atoms with van der Waals surface area (Å²) < 4.78 is 15.3. The van der Waals surface area contributed by atoms with Crippen molar-refractivity contribution < 1.29 is 4.39 Å². The van der Waals surface area contributed by atoms with Crippen LogP contribution in [0.2, 0.25) is 5.02 Å². The SMILES string of the molecule is Fc1cccc(CSc2nnc(-c3cnccn3)n2-c2ccc(Cl)cc2)c1. The lowest BCUT2D eigenvalue weighted by atomic mass is 10.2. The summed E-state index contributed by atoms with van der Waals surface area (Å²) in [6, 6.07) is 13.9. The number of thioether (sulfide) groups is 1. The van der Waals surface area contributed by atoms with Gasteiger partial charge in [-0.05, 0) is 42.0 Å². The van der Waals surface area contributed by atoms with Gasteiger partial charge in [0.1, 0.15) is 11.5 Å². The van der Waals surface area contributed by atoms with Crippen molar-refractivity contribution >= 4 is 23.4 Å². The van der Waals surface area contributed by atoms with Crippen LogP contribution in [0.15, 0.2) is 72.3 Å². The Morgan fingerprint density at radius 2 is 1.89 bits per heavy atom. The fourth-order valence-corrected chi connectivity index (χ4v) is 3.56. The number of halogens is 2. The lowest BCUT2D eigenvalue weighted by molar-refractivity contribution is 0.626. The van der Waals surface area contributed by atoms with E-state index in [4.69, 9.17) is 11.6 Å². The van der Waals surface area contributed by atoms with Crippen LogP contribution >= 0.6 is 23.4 Å². The third-order valence-corrected chi connectivity index (χ3v) is 5.02. The third-order valence-electron chi connectivity index (χ3n) is 3.77. The second-order valence-electron chi connectivity index (χ2n) is 5.63. The minimum absolute atomic E-state index is 0.257. The molecule has 0 spiro atoms. The predicted octanol–water partition coefficient (Wildman–Crippen LogP) is 4.81. The molecule has 0 fully saturated rings. The molecule has 0 aliphatic heterocycles. The number of nitrogens with zero attached hydrogens (tertiary/aromatic N) is 5. The van der Waals surface area contributed by atoms with Gasteiger partial charge < -0.3 is 0 Å².